The minimum atomic E-state index is -2.77. The summed E-state index contributed by atoms with van der Waals surface area (Å²) in [6, 6.07) is 8.44. The number of nitrogens with one attached hydrogen (secondary N) is 1. The summed E-state index contributed by atoms with van der Waals surface area (Å²) in [7, 11) is 0. The van der Waals surface area contributed by atoms with Crippen LogP contribution >= 0.6 is 15.9 Å². The molecule has 0 fully saturated rings. The Labute approximate surface area is 144 Å². The van der Waals surface area contributed by atoms with Gasteiger partial charge in [-0.3, -0.25) is 9.48 Å². The van der Waals surface area contributed by atoms with Gasteiger partial charge in [0.2, 0.25) is 0 Å². The summed E-state index contributed by atoms with van der Waals surface area (Å²) in [6.45, 7) is -2.24. The van der Waals surface area contributed by atoms with Gasteiger partial charge in [0.25, 0.3) is 5.91 Å². The van der Waals surface area contributed by atoms with Gasteiger partial charge in [0.05, 0.1) is 17.2 Å². The second kappa shape index (κ2) is 6.91. The topological polar surface area (TPSA) is 64.7 Å². The maximum atomic E-state index is 12.5. The fourth-order valence-electron chi connectivity index (χ4n) is 2.12. The SMILES string of the molecule is O=C(Nc1cccc(Cn2cc(Br)cn2)c1)c1ccn(C(F)F)n1. The highest BCUT2D eigenvalue weighted by molar-refractivity contribution is 9.10. The van der Waals surface area contributed by atoms with Crippen LogP contribution in [0.15, 0.2) is 53.4 Å². The lowest BCUT2D eigenvalue weighted by molar-refractivity contribution is 0.0561. The molecule has 0 atom stereocenters. The standard InChI is InChI=1S/C15H12BrF2N5O/c16-11-7-19-22(9-11)8-10-2-1-3-12(6-10)20-14(24)13-4-5-23(21-13)15(17)18/h1-7,9,15H,8H2,(H,20,24). The molecule has 2 heterocycles. The summed E-state index contributed by atoms with van der Waals surface area (Å²) in [5.74, 6) is -0.548. The molecule has 0 unspecified atom stereocenters. The molecule has 0 spiro atoms. The summed E-state index contributed by atoms with van der Waals surface area (Å²) in [5, 5.41) is 10.3. The van der Waals surface area contributed by atoms with E-state index in [-0.39, 0.29) is 5.69 Å². The molecular weight excluding hydrogens is 384 g/mol. The van der Waals surface area contributed by atoms with Crippen molar-refractivity contribution >= 4 is 27.5 Å². The highest BCUT2D eigenvalue weighted by Gasteiger charge is 2.13. The van der Waals surface area contributed by atoms with Crippen molar-refractivity contribution in [2.45, 2.75) is 13.1 Å². The Morgan fingerprint density at radius 3 is 2.83 bits per heavy atom. The van der Waals surface area contributed by atoms with Crippen molar-refractivity contribution in [3.05, 3.63) is 64.7 Å². The molecule has 0 saturated heterocycles. The van der Waals surface area contributed by atoms with Crippen LogP contribution in [0.2, 0.25) is 0 Å². The molecule has 0 saturated carbocycles. The van der Waals surface area contributed by atoms with Gasteiger partial charge in [-0.05, 0) is 39.7 Å². The summed E-state index contributed by atoms with van der Waals surface area (Å²) in [5.41, 5.74) is 1.41. The van der Waals surface area contributed by atoms with Gasteiger partial charge in [-0.15, -0.1) is 0 Å². The lowest BCUT2D eigenvalue weighted by Gasteiger charge is -2.07. The molecule has 9 heteroatoms. The third kappa shape index (κ3) is 3.85. The third-order valence-electron chi connectivity index (χ3n) is 3.17. The van der Waals surface area contributed by atoms with Crippen molar-refractivity contribution < 1.29 is 13.6 Å². The Morgan fingerprint density at radius 2 is 2.17 bits per heavy atom. The molecule has 124 valence electrons. The zero-order valence-corrected chi connectivity index (χ0v) is 13.8. The van der Waals surface area contributed by atoms with E-state index >= 15 is 0 Å². The van der Waals surface area contributed by atoms with Crippen LogP contribution in [0, 0.1) is 0 Å². The fourth-order valence-corrected chi connectivity index (χ4v) is 2.45. The molecule has 3 rings (SSSR count). The maximum Gasteiger partial charge on any atom is 0.333 e. The van der Waals surface area contributed by atoms with Gasteiger partial charge in [0.1, 0.15) is 0 Å². The van der Waals surface area contributed by atoms with Crippen LogP contribution in [-0.2, 0) is 6.54 Å². The van der Waals surface area contributed by atoms with Crippen molar-refractivity contribution in [2.24, 2.45) is 0 Å². The van der Waals surface area contributed by atoms with Crippen molar-refractivity contribution in [3.8, 4) is 0 Å². The minimum Gasteiger partial charge on any atom is -0.321 e. The molecule has 6 nitrogen and oxygen atoms in total. The molecule has 0 radical (unpaired) electrons. The molecule has 24 heavy (non-hydrogen) atoms. The summed E-state index contributed by atoms with van der Waals surface area (Å²) < 4.78 is 28.0. The Hall–Kier alpha value is -2.55. The Balaban J connectivity index is 1.70. The van der Waals surface area contributed by atoms with Gasteiger partial charge in [-0.1, -0.05) is 12.1 Å². The number of benzene rings is 1. The number of carbonyl (C=O) groups excluding carboxylic acids is 1. The number of nitrogens with zero attached hydrogens (tertiary/aromatic N) is 4. The van der Waals surface area contributed by atoms with E-state index in [1.807, 2.05) is 12.3 Å². The van der Waals surface area contributed by atoms with Gasteiger partial charge in [-0.2, -0.15) is 19.0 Å². The number of rotatable bonds is 5. The monoisotopic (exact) mass is 395 g/mol. The van der Waals surface area contributed by atoms with Crippen LogP contribution in [-0.4, -0.2) is 25.5 Å². The lowest BCUT2D eigenvalue weighted by Crippen LogP contribution is -2.14. The minimum absolute atomic E-state index is 0.0725. The first-order valence-corrected chi connectivity index (χ1v) is 7.72. The average Bonchev–Trinajstić information content (AvgIpc) is 3.17. The van der Waals surface area contributed by atoms with E-state index in [0.29, 0.717) is 16.9 Å². The van der Waals surface area contributed by atoms with E-state index < -0.39 is 12.5 Å². The number of alkyl halides is 2. The molecule has 0 aliphatic carbocycles. The van der Waals surface area contributed by atoms with Crippen LogP contribution in [0.3, 0.4) is 0 Å². The molecule has 0 aliphatic rings. The van der Waals surface area contributed by atoms with Crippen LogP contribution in [0.25, 0.3) is 0 Å². The fraction of sp³-hybridized carbons (Fsp3) is 0.133. The van der Waals surface area contributed by atoms with Crippen LogP contribution in [0.4, 0.5) is 14.5 Å². The lowest BCUT2D eigenvalue weighted by atomic mass is 10.2. The van der Waals surface area contributed by atoms with Crippen LogP contribution in [0.1, 0.15) is 22.6 Å². The zero-order valence-electron chi connectivity index (χ0n) is 12.2. The van der Waals surface area contributed by atoms with E-state index in [4.69, 9.17) is 0 Å². The van der Waals surface area contributed by atoms with Crippen molar-refractivity contribution in [1.82, 2.24) is 19.6 Å². The summed E-state index contributed by atoms with van der Waals surface area (Å²) in [4.78, 5) is 12.1. The van der Waals surface area contributed by atoms with E-state index in [1.165, 1.54) is 6.07 Å². The van der Waals surface area contributed by atoms with E-state index in [1.54, 1.807) is 29.1 Å². The zero-order chi connectivity index (χ0) is 17.1. The molecule has 1 N–H and O–H groups in total. The van der Waals surface area contributed by atoms with Crippen LogP contribution in [0.5, 0.6) is 0 Å². The summed E-state index contributed by atoms with van der Waals surface area (Å²) >= 11 is 3.33. The number of halogens is 3. The number of amides is 1. The Kier molecular flexibility index (Phi) is 4.70. The normalized spacial score (nSPS) is 11.0. The highest BCUT2D eigenvalue weighted by atomic mass is 79.9. The maximum absolute atomic E-state index is 12.5. The smallest absolute Gasteiger partial charge is 0.321 e. The van der Waals surface area contributed by atoms with E-state index in [9.17, 15) is 13.6 Å². The highest BCUT2D eigenvalue weighted by Crippen LogP contribution is 2.15. The predicted octanol–water partition coefficient (Wildman–Crippen LogP) is 3.54. The van der Waals surface area contributed by atoms with Gasteiger partial charge in [-0.25, -0.2) is 4.68 Å². The number of hydrogen-bond donors (Lipinski definition) is 1. The van der Waals surface area contributed by atoms with E-state index in [0.717, 1.165) is 16.2 Å². The molecule has 0 bridgehead atoms. The second-order valence-corrected chi connectivity index (χ2v) is 5.88. The van der Waals surface area contributed by atoms with Gasteiger partial charge in [0, 0.05) is 18.1 Å². The van der Waals surface area contributed by atoms with Gasteiger partial charge >= 0.3 is 6.55 Å². The van der Waals surface area contributed by atoms with Crippen molar-refractivity contribution in [1.29, 1.82) is 0 Å². The van der Waals surface area contributed by atoms with Crippen molar-refractivity contribution in [2.75, 3.05) is 5.32 Å². The molecule has 3 aromatic rings. The van der Waals surface area contributed by atoms with Crippen LogP contribution < -0.4 is 5.32 Å². The first kappa shape index (κ1) is 16.3. The molecule has 1 amide bonds. The van der Waals surface area contributed by atoms with E-state index in [2.05, 4.69) is 31.4 Å². The molecule has 2 aromatic heterocycles. The quantitative estimate of drug-likeness (QED) is 0.718. The number of hydrogen-bond acceptors (Lipinski definition) is 3. The molecule has 0 aliphatic heterocycles. The Bertz CT molecular complexity index is 861. The molecular formula is C15H12BrF2N5O. The Morgan fingerprint density at radius 1 is 1.33 bits per heavy atom. The predicted molar refractivity (Wildman–Crippen MR) is 86.9 cm³/mol. The average molecular weight is 396 g/mol. The van der Waals surface area contributed by atoms with Gasteiger partial charge in [0.15, 0.2) is 5.69 Å². The third-order valence-corrected chi connectivity index (χ3v) is 3.58. The first-order valence-electron chi connectivity index (χ1n) is 6.93. The first-order chi connectivity index (χ1) is 11.5. The van der Waals surface area contributed by atoms with Gasteiger partial charge < -0.3 is 5.32 Å². The molecule has 1 aromatic carbocycles. The largest absolute Gasteiger partial charge is 0.333 e. The second-order valence-electron chi connectivity index (χ2n) is 4.97. The number of aromatic nitrogens is 4. The summed E-state index contributed by atoms with van der Waals surface area (Å²) in [6.07, 6.45) is 4.58. The number of anilines is 1. The van der Waals surface area contributed by atoms with Crippen molar-refractivity contribution in [3.63, 3.8) is 0 Å². The number of carbonyl (C=O) groups is 1.